The maximum absolute atomic E-state index is 11.6. The number of nitrogens with one attached hydrogen (secondary N) is 1. The summed E-state index contributed by atoms with van der Waals surface area (Å²) < 4.78 is 10.3. The molecule has 1 saturated heterocycles. The number of rotatable bonds is 4. The molecule has 1 fully saturated rings. The van der Waals surface area contributed by atoms with E-state index in [1.165, 1.54) is 0 Å². The van der Waals surface area contributed by atoms with Crippen molar-refractivity contribution in [3.05, 3.63) is 29.8 Å². The van der Waals surface area contributed by atoms with Gasteiger partial charge in [-0.05, 0) is 37.5 Å². The highest BCUT2D eigenvalue weighted by molar-refractivity contribution is 5.85. The molecule has 102 valence electrons. The number of ether oxygens (including phenoxy) is 2. The van der Waals surface area contributed by atoms with Crippen molar-refractivity contribution < 1.29 is 19.1 Å². The third-order valence-corrected chi connectivity index (χ3v) is 2.85. The molecule has 1 unspecified atom stereocenters. The van der Waals surface area contributed by atoms with E-state index in [-0.39, 0.29) is 12.5 Å². The number of esters is 1. The zero-order chi connectivity index (χ0) is 13.7. The van der Waals surface area contributed by atoms with Crippen LogP contribution in [0.25, 0.3) is 0 Å². The first-order chi connectivity index (χ1) is 9.15. The minimum atomic E-state index is -0.489. The molecule has 1 N–H and O–H groups in total. The fraction of sp³-hybridized carbons (Fsp3) is 0.429. The van der Waals surface area contributed by atoms with Crippen molar-refractivity contribution in [2.45, 2.75) is 25.9 Å². The van der Waals surface area contributed by atoms with Gasteiger partial charge in [0.15, 0.2) is 0 Å². The molecule has 5 heteroatoms. The Morgan fingerprint density at radius 1 is 1.47 bits per heavy atom. The number of hydrogen-bond acceptors (Lipinski definition) is 4. The minimum Gasteiger partial charge on any atom is -0.425 e. The summed E-state index contributed by atoms with van der Waals surface area (Å²) in [6, 6.07) is 7.19. The first-order valence-electron chi connectivity index (χ1n) is 6.32. The van der Waals surface area contributed by atoms with Gasteiger partial charge in [0.1, 0.15) is 18.4 Å². The molecule has 1 aliphatic heterocycles. The molecule has 5 nitrogen and oxygen atoms in total. The van der Waals surface area contributed by atoms with Crippen LogP contribution in [-0.4, -0.2) is 31.1 Å². The van der Waals surface area contributed by atoms with Crippen LogP contribution in [0.15, 0.2) is 24.3 Å². The molecule has 1 aromatic carbocycles. The van der Waals surface area contributed by atoms with Gasteiger partial charge >= 0.3 is 5.97 Å². The van der Waals surface area contributed by atoms with E-state index in [1.54, 1.807) is 12.1 Å². The normalized spacial score (nSPS) is 18.1. The van der Waals surface area contributed by atoms with E-state index in [4.69, 9.17) is 9.47 Å². The van der Waals surface area contributed by atoms with Crippen LogP contribution in [0.5, 0.6) is 5.75 Å². The Morgan fingerprint density at radius 2 is 2.32 bits per heavy atom. The number of carbonyl (C=O) groups excluding carboxylic acids is 2. The lowest BCUT2D eigenvalue weighted by molar-refractivity contribution is -0.137. The van der Waals surface area contributed by atoms with Crippen molar-refractivity contribution in [1.29, 1.82) is 0 Å². The Hall–Kier alpha value is -1.88. The van der Waals surface area contributed by atoms with Crippen molar-refractivity contribution in [2.24, 2.45) is 0 Å². The van der Waals surface area contributed by atoms with E-state index in [0.717, 1.165) is 12.0 Å². The summed E-state index contributed by atoms with van der Waals surface area (Å²) in [7, 11) is 0. The number of aryl methyl sites for hydroxylation is 1. The zero-order valence-electron chi connectivity index (χ0n) is 10.8. The predicted octanol–water partition coefficient (Wildman–Crippen LogP) is 1.20. The third kappa shape index (κ3) is 4.06. The largest absolute Gasteiger partial charge is 0.425 e. The lowest BCUT2D eigenvalue weighted by Gasteiger charge is -2.10. The van der Waals surface area contributed by atoms with E-state index >= 15 is 0 Å². The van der Waals surface area contributed by atoms with Gasteiger partial charge in [0.2, 0.25) is 5.91 Å². The Labute approximate surface area is 111 Å². The topological polar surface area (TPSA) is 64.6 Å². The van der Waals surface area contributed by atoms with Crippen LogP contribution in [0.1, 0.15) is 18.4 Å². The second kappa shape index (κ2) is 6.33. The quantitative estimate of drug-likeness (QED) is 0.654. The van der Waals surface area contributed by atoms with Gasteiger partial charge in [-0.1, -0.05) is 12.1 Å². The molecule has 1 heterocycles. The monoisotopic (exact) mass is 263 g/mol. The number of benzene rings is 1. The average molecular weight is 263 g/mol. The summed E-state index contributed by atoms with van der Waals surface area (Å²) in [5.41, 5.74) is 1.01. The Kier molecular flexibility index (Phi) is 4.52. The van der Waals surface area contributed by atoms with Gasteiger partial charge < -0.3 is 14.8 Å². The van der Waals surface area contributed by atoms with Gasteiger partial charge in [0.05, 0.1) is 0 Å². The standard InChI is InChI=1S/C14H17NO4/c1-10-4-2-5-11(8-10)19-13(16)9-15-14(17)12-6-3-7-18-12/h2,4-5,8,12H,3,6-7,9H2,1H3,(H,15,17). The van der Waals surface area contributed by atoms with Gasteiger partial charge in [-0.15, -0.1) is 0 Å². The molecule has 0 bridgehead atoms. The highest BCUT2D eigenvalue weighted by Gasteiger charge is 2.23. The molecule has 0 aliphatic carbocycles. The van der Waals surface area contributed by atoms with Gasteiger partial charge in [0, 0.05) is 6.61 Å². The van der Waals surface area contributed by atoms with Gasteiger partial charge in [-0.2, -0.15) is 0 Å². The van der Waals surface area contributed by atoms with Crippen LogP contribution in [-0.2, 0) is 14.3 Å². The Morgan fingerprint density at radius 3 is 3.00 bits per heavy atom. The van der Waals surface area contributed by atoms with Crippen molar-refractivity contribution >= 4 is 11.9 Å². The third-order valence-electron chi connectivity index (χ3n) is 2.85. The molecule has 0 radical (unpaired) electrons. The number of hydrogen-bond donors (Lipinski definition) is 1. The van der Waals surface area contributed by atoms with E-state index in [9.17, 15) is 9.59 Å². The molecule has 19 heavy (non-hydrogen) atoms. The second-order valence-corrected chi connectivity index (χ2v) is 4.51. The summed E-state index contributed by atoms with van der Waals surface area (Å²) in [6.45, 7) is 2.37. The maximum Gasteiger partial charge on any atom is 0.330 e. The fourth-order valence-electron chi connectivity index (χ4n) is 1.90. The van der Waals surface area contributed by atoms with Crippen LogP contribution in [0.2, 0.25) is 0 Å². The molecule has 1 atom stereocenters. The molecule has 1 amide bonds. The van der Waals surface area contributed by atoms with Crippen LogP contribution in [0.4, 0.5) is 0 Å². The summed E-state index contributed by atoms with van der Waals surface area (Å²) in [5.74, 6) is -0.257. The molecular formula is C14H17NO4. The van der Waals surface area contributed by atoms with Crippen molar-refractivity contribution in [2.75, 3.05) is 13.2 Å². The van der Waals surface area contributed by atoms with Gasteiger partial charge in [0.25, 0.3) is 0 Å². The van der Waals surface area contributed by atoms with Crippen LogP contribution < -0.4 is 10.1 Å². The van der Waals surface area contributed by atoms with E-state index < -0.39 is 12.1 Å². The summed E-state index contributed by atoms with van der Waals surface area (Å²) >= 11 is 0. The smallest absolute Gasteiger partial charge is 0.330 e. The van der Waals surface area contributed by atoms with Crippen LogP contribution in [0.3, 0.4) is 0 Å². The molecular weight excluding hydrogens is 246 g/mol. The second-order valence-electron chi connectivity index (χ2n) is 4.51. The zero-order valence-corrected chi connectivity index (χ0v) is 10.8. The van der Waals surface area contributed by atoms with Crippen LogP contribution >= 0.6 is 0 Å². The SMILES string of the molecule is Cc1cccc(OC(=O)CNC(=O)C2CCCO2)c1. The summed E-state index contributed by atoms with van der Waals surface area (Å²) in [4.78, 5) is 23.2. The van der Waals surface area contributed by atoms with Gasteiger partial charge in [-0.25, -0.2) is 4.79 Å². The van der Waals surface area contributed by atoms with Crippen molar-refractivity contribution in [3.8, 4) is 5.75 Å². The predicted molar refractivity (Wildman–Crippen MR) is 68.8 cm³/mol. The first kappa shape index (κ1) is 13.5. The highest BCUT2D eigenvalue weighted by atomic mass is 16.5. The van der Waals surface area contributed by atoms with E-state index in [2.05, 4.69) is 5.32 Å². The maximum atomic E-state index is 11.6. The molecule has 0 saturated carbocycles. The van der Waals surface area contributed by atoms with Gasteiger partial charge in [-0.3, -0.25) is 4.79 Å². The summed E-state index contributed by atoms with van der Waals surface area (Å²) in [6.07, 6.45) is 1.16. The van der Waals surface area contributed by atoms with E-state index in [0.29, 0.717) is 18.8 Å². The molecule has 1 aromatic rings. The lowest BCUT2D eigenvalue weighted by Crippen LogP contribution is -2.38. The molecule has 1 aliphatic rings. The number of amides is 1. The fourth-order valence-corrected chi connectivity index (χ4v) is 1.90. The molecule has 0 spiro atoms. The first-order valence-corrected chi connectivity index (χ1v) is 6.32. The number of carbonyl (C=O) groups is 2. The van der Waals surface area contributed by atoms with Crippen molar-refractivity contribution in [3.63, 3.8) is 0 Å². The Bertz CT molecular complexity index is 466. The minimum absolute atomic E-state index is 0.146. The highest BCUT2D eigenvalue weighted by Crippen LogP contribution is 2.13. The molecule has 2 rings (SSSR count). The van der Waals surface area contributed by atoms with E-state index in [1.807, 2.05) is 19.1 Å². The average Bonchev–Trinajstić information content (AvgIpc) is 2.90. The summed E-state index contributed by atoms with van der Waals surface area (Å²) in [5, 5.41) is 2.52. The van der Waals surface area contributed by atoms with Crippen molar-refractivity contribution in [1.82, 2.24) is 5.32 Å². The Balaban J connectivity index is 1.76. The molecule has 0 aromatic heterocycles. The lowest BCUT2D eigenvalue weighted by atomic mass is 10.2. The van der Waals surface area contributed by atoms with Crippen LogP contribution in [0, 0.1) is 6.92 Å².